The molecule has 0 saturated heterocycles. The number of benzene rings is 1. The molecule has 0 aliphatic heterocycles. The Kier molecular flexibility index (Phi) is 6.70. The van der Waals surface area contributed by atoms with Crippen LogP contribution in [0.2, 0.25) is 0 Å². The second-order valence-corrected chi connectivity index (χ2v) is 8.15. The van der Waals surface area contributed by atoms with Gasteiger partial charge < -0.3 is 4.84 Å². The molecule has 3 aromatic rings. The largest absolute Gasteiger partial charge is 0.399 e. The number of thioether (sulfide) groups is 1. The minimum absolute atomic E-state index is 0.0287. The van der Waals surface area contributed by atoms with E-state index in [1.54, 1.807) is 24.5 Å². The fraction of sp³-hybridized carbons (Fsp3) is 0.250. The van der Waals surface area contributed by atoms with Gasteiger partial charge in [-0.2, -0.15) is 0 Å². The lowest BCUT2D eigenvalue weighted by Crippen LogP contribution is -2.18. The van der Waals surface area contributed by atoms with Crippen molar-refractivity contribution < 1.29 is 14.4 Å². The molecule has 1 atom stereocenters. The van der Waals surface area contributed by atoms with Crippen molar-refractivity contribution in [3.8, 4) is 0 Å². The van der Waals surface area contributed by atoms with Crippen LogP contribution in [0.15, 0.2) is 65.4 Å². The fourth-order valence-corrected chi connectivity index (χ4v) is 4.18. The highest BCUT2D eigenvalue weighted by Crippen LogP contribution is 2.31. The maximum atomic E-state index is 13.4. The smallest absolute Gasteiger partial charge is 0.187 e. The molecule has 0 N–H and O–H groups in total. The molecule has 1 aliphatic rings. The third-order valence-electron chi connectivity index (χ3n) is 5.48. The number of oxime groups is 1. The average Bonchev–Trinajstić information content (AvgIpc) is 3.25. The summed E-state index contributed by atoms with van der Waals surface area (Å²) < 4.78 is 0. The summed E-state index contributed by atoms with van der Waals surface area (Å²) in [7, 11) is 1.53. The van der Waals surface area contributed by atoms with Gasteiger partial charge in [-0.3, -0.25) is 14.6 Å². The Balaban J connectivity index is 1.67. The lowest BCUT2D eigenvalue weighted by molar-refractivity contribution is 0.0893. The lowest BCUT2D eigenvalue weighted by atomic mass is 9.85. The second-order valence-electron chi connectivity index (χ2n) is 7.38. The van der Waals surface area contributed by atoms with E-state index in [-0.39, 0.29) is 18.0 Å². The molecule has 162 valence electrons. The van der Waals surface area contributed by atoms with Crippen LogP contribution in [0, 0.1) is 0 Å². The number of carbonyl (C=O) groups is 2. The first-order chi connectivity index (χ1) is 15.6. The number of ketones is 2. The van der Waals surface area contributed by atoms with Crippen molar-refractivity contribution in [2.45, 2.75) is 30.3 Å². The third-order valence-corrected chi connectivity index (χ3v) is 6.05. The highest BCUT2D eigenvalue weighted by atomic mass is 32.2. The van der Waals surface area contributed by atoms with Gasteiger partial charge in [0, 0.05) is 42.3 Å². The van der Waals surface area contributed by atoms with Crippen molar-refractivity contribution in [1.82, 2.24) is 15.0 Å². The molecule has 0 bridgehead atoms. The van der Waals surface area contributed by atoms with Gasteiger partial charge in [0.2, 0.25) is 0 Å². The van der Waals surface area contributed by atoms with Gasteiger partial charge in [-0.05, 0) is 42.4 Å². The molecular weight excluding hydrogens is 424 g/mol. The van der Waals surface area contributed by atoms with Crippen molar-refractivity contribution in [1.29, 1.82) is 0 Å². The molecule has 1 aliphatic carbocycles. The van der Waals surface area contributed by atoms with Crippen LogP contribution in [-0.2, 0) is 11.3 Å². The van der Waals surface area contributed by atoms with E-state index in [9.17, 15) is 9.59 Å². The van der Waals surface area contributed by atoms with Gasteiger partial charge in [0.1, 0.15) is 7.11 Å². The van der Waals surface area contributed by atoms with Gasteiger partial charge in [0.05, 0.1) is 17.2 Å². The maximum absolute atomic E-state index is 13.4. The Bertz CT molecular complexity index is 1160. The molecule has 8 heteroatoms. The number of hydrogen-bond donors (Lipinski definition) is 0. The van der Waals surface area contributed by atoms with Crippen LogP contribution < -0.4 is 0 Å². The number of rotatable bonds is 8. The average molecular weight is 447 g/mol. The number of Topliss-reactive ketones (excluding diaryl/α,β-unsaturated/α-hetero) is 2. The van der Waals surface area contributed by atoms with Crippen molar-refractivity contribution in [2.75, 3.05) is 13.4 Å². The highest BCUT2D eigenvalue weighted by molar-refractivity contribution is 7.98. The van der Waals surface area contributed by atoms with E-state index in [1.165, 1.54) is 31.3 Å². The molecule has 0 amide bonds. The summed E-state index contributed by atoms with van der Waals surface area (Å²) in [5, 5.41) is 4.69. The molecular formula is C24H22N4O3S. The Morgan fingerprint density at radius 2 is 1.84 bits per heavy atom. The maximum Gasteiger partial charge on any atom is 0.187 e. The minimum atomic E-state index is -0.626. The monoisotopic (exact) mass is 446 g/mol. The third kappa shape index (κ3) is 4.60. The predicted molar refractivity (Wildman–Crippen MR) is 122 cm³/mol. The quantitative estimate of drug-likeness (QED) is 0.222. The molecule has 0 saturated carbocycles. The van der Waals surface area contributed by atoms with Crippen LogP contribution in [-0.4, -0.2) is 45.6 Å². The fourth-order valence-electron chi connectivity index (χ4n) is 3.86. The first-order valence-electron chi connectivity index (χ1n) is 10.2. The Morgan fingerprint density at radius 1 is 1.09 bits per heavy atom. The van der Waals surface area contributed by atoms with Crippen molar-refractivity contribution in [2.24, 2.45) is 5.16 Å². The first kappa shape index (κ1) is 21.8. The SMILES string of the molecule is CO/N=C1/CCc2cc(C(CC(=O)c3cnc(SC)nc3)C(=O)c3ccncc3)ccc21. The van der Waals surface area contributed by atoms with Crippen LogP contribution >= 0.6 is 11.8 Å². The van der Waals surface area contributed by atoms with E-state index in [4.69, 9.17) is 4.84 Å². The molecule has 0 fully saturated rings. The standard InChI is InChI=1S/C24H22N4O3S/c1-31-28-21-6-4-16-11-17(3-5-19(16)21)20(23(30)15-7-9-25-10-8-15)12-22(29)18-13-26-24(32-2)27-14-18/h3,5,7-11,13-14,20H,4,6,12H2,1-2H3/b28-21-. The predicted octanol–water partition coefficient (Wildman–Crippen LogP) is 4.13. The van der Waals surface area contributed by atoms with E-state index in [2.05, 4.69) is 20.1 Å². The van der Waals surface area contributed by atoms with Crippen molar-refractivity contribution in [3.05, 3.63) is 82.9 Å². The Hall–Kier alpha value is -3.39. The summed E-state index contributed by atoms with van der Waals surface area (Å²) in [4.78, 5) is 43.8. The Morgan fingerprint density at radius 3 is 2.53 bits per heavy atom. The topological polar surface area (TPSA) is 94.4 Å². The molecule has 2 heterocycles. The zero-order valence-corrected chi connectivity index (χ0v) is 18.6. The summed E-state index contributed by atoms with van der Waals surface area (Å²) in [5.74, 6) is -0.919. The van der Waals surface area contributed by atoms with Gasteiger partial charge in [0.15, 0.2) is 16.7 Å². The van der Waals surface area contributed by atoms with Gasteiger partial charge in [-0.15, -0.1) is 0 Å². The number of carbonyl (C=O) groups excluding carboxylic acids is 2. The second kappa shape index (κ2) is 9.82. The van der Waals surface area contributed by atoms with Gasteiger partial charge in [-0.25, -0.2) is 9.97 Å². The summed E-state index contributed by atoms with van der Waals surface area (Å²) in [6.07, 6.45) is 9.70. The van der Waals surface area contributed by atoms with Gasteiger partial charge in [0.25, 0.3) is 0 Å². The van der Waals surface area contributed by atoms with E-state index in [1.807, 2.05) is 24.5 Å². The number of fused-ring (bicyclic) bond motifs is 1. The summed E-state index contributed by atoms with van der Waals surface area (Å²) in [6.45, 7) is 0. The van der Waals surface area contributed by atoms with Gasteiger partial charge >= 0.3 is 0 Å². The number of aryl methyl sites for hydroxylation is 1. The molecule has 2 aromatic heterocycles. The summed E-state index contributed by atoms with van der Waals surface area (Å²) >= 11 is 1.40. The normalized spacial score (nSPS) is 14.8. The van der Waals surface area contributed by atoms with Crippen molar-refractivity contribution in [3.63, 3.8) is 0 Å². The minimum Gasteiger partial charge on any atom is -0.399 e. The molecule has 1 unspecified atom stereocenters. The van der Waals surface area contributed by atoms with Crippen LogP contribution in [0.5, 0.6) is 0 Å². The first-order valence-corrected chi connectivity index (χ1v) is 11.4. The van der Waals surface area contributed by atoms with Crippen LogP contribution in [0.3, 0.4) is 0 Å². The van der Waals surface area contributed by atoms with E-state index in [0.717, 1.165) is 35.2 Å². The summed E-state index contributed by atoms with van der Waals surface area (Å²) in [6, 6.07) is 9.22. The molecule has 7 nitrogen and oxygen atoms in total. The van der Waals surface area contributed by atoms with Crippen molar-refractivity contribution >= 4 is 29.0 Å². The number of pyridine rings is 1. The number of hydrogen-bond acceptors (Lipinski definition) is 8. The van der Waals surface area contributed by atoms with Crippen LogP contribution in [0.1, 0.15) is 56.2 Å². The van der Waals surface area contributed by atoms with E-state index < -0.39 is 5.92 Å². The molecule has 0 radical (unpaired) electrons. The van der Waals surface area contributed by atoms with E-state index in [0.29, 0.717) is 16.3 Å². The zero-order chi connectivity index (χ0) is 22.5. The lowest BCUT2D eigenvalue weighted by Gasteiger charge is -2.17. The van der Waals surface area contributed by atoms with E-state index >= 15 is 0 Å². The van der Waals surface area contributed by atoms with Gasteiger partial charge in [-0.1, -0.05) is 35.1 Å². The zero-order valence-electron chi connectivity index (χ0n) is 17.8. The number of aromatic nitrogens is 3. The molecule has 32 heavy (non-hydrogen) atoms. The highest BCUT2D eigenvalue weighted by Gasteiger charge is 2.28. The van der Waals surface area contributed by atoms with Crippen LogP contribution in [0.4, 0.5) is 0 Å². The molecule has 1 aromatic carbocycles. The molecule has 0 spiro atoms. The number of nitrogens with zero attached hydrogens (tertiary/aromatic N) is 4. The van der Waals surface area contributed by atoms with Crippen LogP contribution in [0.25, 0.3) is 0 Å². The summed E-state index contributed by atoms with van der Waals surface area (Å²) in [5.41, 5.74) is 4.75. The Labute approximate surface area is 190 Å². The molecule has 4 rings (SSSR count).